The predicted molar refractivity (Wildman–Crippen MR) is 124 cm³/mol. The third-order valence-electron chi connectivity index (χ3n) is 6.60. The first-order valence-electron chi connectivity index (χ1n) is 11.5. The minimum atomic E-state index is -0.592. The second-order valence-electron chi connectivity index (χ2n) is 8.74. The molecule has 2 aromatic heterocycles. The first-order valence-corrected chi connectivity index (χ1v) is 11.9. The SMILES string of the molecule is O=C(Nc1ccnc(Cl)n1)c1cnc(F)cc1N1CCC(CCCC2CCNCC2)CC1. The van der Waals surface area contributed by atoms with Crippen molar-refractivity contribution in [2.75, 3.05) is 36.4 Å². The molecular weight excluding hydrogens is 431 g/mol. The van der Waals surface area contributed by atoms with E-state index in [4.69, 9.17) is 11.6 Å². The Kier molecular flexibility index (Phi) is 7.86. The quantitative estimate of drug-likeness (QED) is 0.473. The molecule has 0 saturated carbocycles. The van der Waals surface area contributed by atoms with E-state index in [0.29, 0.717) is 17.2 Å². The van der Waals surface area contributed by atoms with Crippen molar-refractivity contribution in [3.63, 3.8) is 0 Å². The Hall–Kier alpha value is -2.32. The van der Waals surface area contributed by atoms with Crippen LogP contribution in [0.15, 0.2) is 24.5 Å². The van der Waals surface area contributed by atoms with Crippen molar-refractivity contribution in [2.24, 2.45) is 11.8 Å². The Labute approximate surface area is 193 Å². The molecule has 0 bridgehead atoms. The van der Waals surface area contributed by atoms with Crippen molar-refractivity contribution < 1.29 is 9.18 Å². The minimum absolute atomic E-state index is 0.0440. The summed E-state index contributed by atoms with van der Waals surface area (Å²) in [6.45, 7) is 3.93. The van der Waals surface area contributed by atoms with Crippen molar-refractivity contribution in [1.29, 1.82) is 0 Å². The largest absolute Gasteiger partial charge is 0.371 e. The van der Waals surface area contributed by atoms with Gasteiger partial charge >= 0.3 is 0 Å². The van der Waals surface area contributed by atoms with Gasteiger partial charge in [-0.3, -0.25) is 4.79 Å². The van der Waals surface area contributed by atoms with Crippen LogP contribution in [0, 0.1) is 17.8 Å². The van der Waals surface area contributed by atoms with Crippen molar-refractivity contribution in [2.45, 2.75) is 44.9 Å². The molecule has 172 valence electrons. The summed E-state index contributed by atoms with van der Waals surface area (Å²) in [5.74, 6) is 0.872. The number of nitrogens with zero attached hydrogens (tertiary/aromatic N) is 4. The van der Waals surface area contributed by atoms with Gasteiger partial charge in [-0.2, -0.15) is 4.39 Å². The number of rotatable bonds is 7. The van der Waals surface area contributed by atoms with Crippen LogP contribution in [0.4, 0.5) is 15.9 Å². The molecule has 0 aromatic carbocycles. The molecule has 9 heteroatoms. The van der Waals surface area contributed by atoms with Crippen LogP contribution < -0.4 is 15.5 Å². The van der Waals surface area contributed by atoms with Gasteiger partial charge in [-0.25, -0.2) is 15.0 Å². The second-order valence-corrected chi connectivity index (χ2v) is 9.08. The van der Waals surface area contributed by atoms with Crippen LogP contribution in [0.3, 0.4) is 0 Å². The lowest BCUT2D eigenvalue weighted by molar-refractivity contribution is 0.102. The molecule has 2 saturated heterocycles. The first kappa shape index (κ1) is 22.9. The van der Waals surface area contributed by atoms with Crippen molar-refractivity contribution in [1.82, 2.24) is 20.3 Å². The number of nitrogens with one attached hydrogen (secondary N) is 2. The molecule has 0 unspecified atom stereocenters. The van der Waals surface area contributed by atoms with Gasteiger partial charge in [0.25, 0.3) is 5.91 Å². The summed E-state index contributed by atoms with van der Waals surface area (Å²) in [5.41, 5.74) is 0.897. The van der Waals surface area contributed by atoms with Gasteiger partial charge in [-0.05, 0) is 68.3 Å². The van der Waals surface area contributed by atoms with E-state index in [-0.39, 0.29) is 11.1 Å². The molecule has 2 fully saturated rings. The van der Waals surface area contributed by atoms with Crippen molar-refractivity contribution >= 4 is 29.0 Å². The Morgan fingerprint density at radius 1 is 1.16 bits per heavy atom. The molecule has 0 spiro atoms. The zero-order valence-corrected chi connectivity index (χ0v) is 19.0. The fourth-order valence-electron chi connectivity index (χ4n) is 4.77. The molecule has 0 aliphatic carbocycles. The lowest BCUT2D eigenvalue weighted by Gasteiger charge is -2.34. The molecule has 0 radical (unpaired) electrons. The van der Waals surface area contributed by atoms with Gasteiger partial charge in [0.15, 0.2) is 0 Å². The lowest BCUT2D eigenvalue weighted by Crippen LogP contribution is -2.35. The van der Waals surface area contributed by atoms with Crippen LogP contribution in [0.2, 0.25) is 5.28 Å². The fraction of sp³-hybridized carbons (Fsp3) is 0.565. The third kappa shape index (κ3) is 6.13. The van der Waals surface area contributed by atoms with Crippen LogP contribution in [-0.4, -0.2) is 47.0 Å². The number of carbonyl (C=O) groups excluding carboxylic acids is 1. The zero-order chi connectivity index (χ0) is 22.3. The summed E-state index contributed by atoms with van der Waals surface area (Å²) in [6.07, 6.45) is 11.3. The van der Waals surface area contributed by atoms with Gasteiger partial charge in [0.1, 0.15) is 5.82 Å². The number of carbonyl (C=O) groups is 1. The highest BCUT2D eigenvalue weighted by atomic mass is 35.5. The Morgan fingerprint density at radius 2 is 1.88 bits per heavy atom. The number of piperidine rings is 2. The maximum Gasteiger partial charge on any atom is 0.260 e. The fourth-order valence-corrected chi connectivity index (χ4v) is 4.92. The standard InChI is InChI=1S/C23H30ClFN6O/c24-23-27-11-6-21(30-23)29-22(32)18-15-28-20(25)14-19(18)31-12-7-17(8-13-31)3-1-2-16-4-9-26-10-5-16/h6,11,14-17,26H,1-5,7-10,12-13H2,(H,27,29,30,32). The summed E-state index contributed by atoms with van der Waals surface area (Å²) < 4.78 is 14.0. The lowest BCUT2D eigenvalue weighted by atomic mass is 9.87. The Balaban J connectivity index is 1.33. The molecule has 2 N–H and O–H groups in total. The van der Waals surface area contributed by atoms with Crippen molar-refractivity contribution in [3.05, 3.63) is 41.3 Å². The summed E-state index contributed by atoms with van der Waals surface area (Å²) in [5, 5.41) is 6.17. The first-order chi connectivity index (χ1) is 15.6. The van der Waals surface area contributed by atoms with E-state index in [1.807, 2.05) is 0 Å². The van der Waals surface area contributed by atoms with Crippen molar-refractivity contribution in [3.8, 4) is 0 Å². The number of pyridine rings is 1. The second kappa shape index (κ2) is 11.0. The Morgan fingerprint density at radius 3 is 2.59 bits per heavy atom. The highest BCUT2D eigenvalue weighted by Gasteiger charge is 2.24. The van der Waals surface area contributed by atoms with Gasteiger partial charge in [0.05, 0.1) is 11.3 Å². The zero-order valence-electron chi connectivity index (χ0n) is 18.2. The molecule has 2 aliphatic heterocycles. The van der Waals surface area contributed by atoms with E-state index in [2.05, 4.69) is 30.5 Å². The Bertz CT molecular complexity index is 915. The number of hydrogen-bond acceptors (Lipinski definition) is 6. The van der Waals surface area contributed by atoms with Crippen LogP contribution >= 0.6 is 11.6 Å². The summed E-state index contributed by atoms with van der Waals surface area (Å²) in [7, 11) is 0. The summed E-state index contributed by atoms with van der Waals surface area (Å²) >= 11 is 5.80. The van der Waals surface area contributed by atoms with Gasteiger partial charge in [0.2, 0.25) is 11.2 Å². The van der Waals surface area contributed by atoms with Gasteiger partial charge < -0.3 is 15.5 Å². The van der Waals surface area contributed by atoms with E-state index in [1.54, 1.807) is 6.07 Å². The molecule has 32 heavy (non-hydrogen) atoms. The smallest absolute Gasteiger partial charge is 0.260 e. The van der Waals surface area contributed by atoms with E-state index in [1.165, 1.54) is 50.6 Å². The number of halogens is 2. The molecule has 4 heterocycles. The molecule has 1 amide bonds. The minimum Gasteiger partial charge on any atom is -0.371 e. The van der Waals surface area contributed by atoms with E-state index in [9.17, 15) is 9.18 Å². The van der Waals surface area contributed by atoms with Crippen LogP contribution in [0.25, 0.3) is 0 Å². The summed E-state index contributed by atoms with van der Waals surface area (Å²) in [6, 6.07) is 2.90. The maximum atomic E-state index is 14.0. The molecule has 2 aromatic rings. The van der Waals surface area contributed by atoms with Gasteiger partial charge in [-0.15, -0.1) is 0 Å². The molecule has 0 atom stereocenters. The van der Waals surface area contributed by atoms with Crippen LogP contribution in [0.5, 0.6) is 0 Å². The molecule has 4 rings (SSSR count). The molecule has 7 nitrogen and oxygen atoms in total. The highest BCUT2D eigenvalue weighted by Crippen LogP contribution is 2.30. The summed E-state index contributed by atoms with van der Waals surface area (Å²) in [4.78, 5) is 26.4. The van der Waals surface area contributed by atoms with E-state index >= 15 is 0 Å². The average molecular weight is 461 g/mol. The third-order valence-corrected chi connectivity index (χ3v) is 6.78. The van der Waals surface area contributed by atoms with Gasteiger partial charge in [0, 0.05) is 31.5 Å². The van der Waals surface area contributed by atoms with Crippen LogP contribution in [-0.2, 0) is 0 Å². The van der Waals surface area contributed by atoms with Gasteiger partial charge in [-0.1, -0.05) is 19.3 Å². The average Bonchev–Trinajstić information content (AvgIpc) is 2.80. The maximum absolute atomic E-state index is 14.0. The molecular formula is C23H30ClFN6O. The predicted octanol–water partition coefficient (Wildman–Crippen LogP) is 4.30. The highest BCUT2D eigenvalue weighted by molar-refractivity contribution is 6.28. The number of amides is 1. The van der Waals surface area contributed by atoms with Crippen LogP contribution in [0.1, 0.15) is 55.3 Å². The van der Waals surface area contributed by atoms with E-state index in [0.717, 1.165) is 44.9 Å². The normalized spacial score (nSPS) is 18.0. The van der Waals surface area contributed by atoms with E-state index < -0.39 is 11.9 Å². The monoisotopic (exact) mass is 460 g/mol. The topological polar surface area (TPSA) is 83.0 Å². The number of aromatic nitrogens is 3. The number of anilines is 2. The molecule has 2 aliphatic rings. The number of hydrogen-bond donors (Lipinski definition) is 2.